The maximum atomic E-state index is 10.7. The third-order valence-corrected chi connectivity index (χ3v) is 2.66. The molecule has 16 heavy (non-hydrogen) atoms. The van der Waals surface area contributed by atoms with Crippen LogP contribution >= 0.6 is 9.24 Å². The van der Waals surface area contributed by atoms with Crippen LogP contribution in [0.15, 0.2) is 12.1 Å². The molecule has 2 atom stereocenters. The highest BCUT2D eigenvalue weighted by Gasteiger charge is 2.19. The fraction of sp³-hybridized carbons (Fsp3) is 0.364. The van der Waals surface area contributed by atoms with Crippen LogP contribution in [-0.2, 0) is 4.79 Å². The predicted molar refractivity (Wildman–Crippen MR) is 64.2 cm³/mol. The van der Waals surface area contributed by atoms with Crippen LogP contribution in [-0.4, -0.2) is 27.6 Å². The lowest BCUT2D eigenvalue weighted by Gasteiger charge is -2.16. The molecule has 5 heteroatoms. The van der Waals surface area contributed by atoms with E-state index in [1.54, 1.807) is 19.2 Å². The van der Waals surface area contributed by atoms with Crippen molar-refractivity contribution in [1.29, 1.82) is 0 Å². The van der Waals surface area contributed by atoms with Gasteiger partial charge < -0.3 is 14.2 Å². The molecule has 0 aliphatic carbocycles. The van der Waals surface area contributed by atoms with Gasteiger partial charge in [0.05, 0.1) is 32.6 Å². The average molecular weight is 241 g/mol. The SMILES string of the molecule is COc1cc(OC)c(C(P)[C]=O)c(OC)c1. The zero-order valence-corrected chi connectivity index (χ0v) is 10.6. The summed E-state index contributed by atoms with van der Waals surface area (Å²) in [5.41, 5.74) is 0.154. The molecule has 1 rings (SSSR count). The van der Waals surface area contributed by atoms with Gasteiger partial charge in [0.15, 0.2) is 0 Å². The summed E-state index contributed by atoms with van der Waals surface area (Å²) in [5.74, 6) is 1.69. The molecule has 1 radical (unpaired) electrons. The van der Waals surface area contributed by atoms with Crippen molar-refractivity contribution in [2.24, 2.45) is 0 Å². The molecule has 0 aliphatic rings. The van der Waals surface area contributed by atoms with E-state index >= 15 is 0 Å². The van der Waals surface area contributed by atoms with E-state index in [1.165, 1.54) is 14.2 Å². The molecular formula is C11H14O4P. The maximum Gasteiger partial charge on any atom is 0.210 e. The van der Waals surface area contributed by atoms with Crippen LogP contribution in [0, 0.1) is 0 Å². The summed E-state index contributed by atoms with van der Waals surface area (Å²) in [7, 11) is 6.99. The summed E-state index contributed by atoms with van der Waals surface area (Å²) in [5, 5.41) is 0. The summed E-state index contributed by atoms with van der Waals surface area (Å²) in [6.07, 6.45) is 1.88. The van der Waals surface area contributed by atoms with Gasteiger partial charge in [0.1, 0.15) is 17.2 Å². The molecule has 87 valence electrons. The monoisotopic (exact) mass is 241 g/mol. The quantitative estimate of drug-likeness (QED) is 0.736. The molecule has 1 aromatic rings. The summed E-state index contributed by atoms with van der Waals surface area (Å²) < 4.78 is 15.5. The van der Waals surface area contributed by atoms with Crippen molar-refractivity contribution in [2.45, 2.75) is 5.66 Å². The van der Waals surface area contributed by atoms with E-state index in [1.807, 2.05) is 6.29 Å². The van der Waals surface area contributed by atoms with E-state index in [9.17, 15) is 4.79 Å². The molecule has 0 bridgehead atoms. The smallest absolute Gasteiger partial charge is 0.210 e. The largest absolute Gasteiger partial charge is 0.496 e. The lowest BCUT2D eigenvalue weighted by atomic mass is 10.1. The van der Waals surface area contributed by atoms with Gasteiger partial charge in [0.25, 0.3) is 0 Å². The molecule has 0 fully saturated rings. The predicted octanol–water partition coefficient (Wildman–Crippen LogP) is 1.74. The number of rotatable bonds is 5. The molecule has 0 spiro atoms. The van der Waals surface area contributed by atoms with Crippen molar-refractivity contribution in [3.8, 4) is 17.2 Å². The Balaban J connectivity index is 3.36. The average Bonchev–Trinajstić information content (AvgIpc) is 2.35. The van der Waals surface area contributed by atoms with E-state index in [0.717, 1.165) is 0 Å². The number of hydrogen-bond acceptors (Lipinski definition) is 4. The standard InChI is InChI=1S/C11H14O4P/c1-13-7-4-8(14-2)11(10(16)6-12)9(5-7)15-3/h4-5,10H,16H2,1-3H3. The van der Waals surface area contributed by atoms with Gasteiger partial charge in [0, 0.05) is 12.1 Å². The van der Waals surface area contributed by atoms with Gasteiger partial charge in [-0.05, 0) is 0 Å². The molecule has 0 saturated heterocycles. The molecule has 0 N–H and O–H groups in total. The number of hydrogen-bond donors (Lipinski definition) is 0. The molecule has 0 saturated carbocycles. The van der Waals surface area contributed by atoms with Crippen LogP contribution in [0.3, 0.4) is 0 Å². The fourth-order valence-corrected chi connectivity index (χ4v) is 1.73. The van der Waals surface area contributed by atoms with E-state index < -0.39 is 5.66 Å². The molecule has 0 aromatic heterocycles. The van der Waals surface area contributed by atoms with Gasteiger partial charge in [0.2, 0.25) is 6.29 Å². The van der Waals surface area contributed by atoms with Crippen LogP contribution in [0.25, 0.3) is 0 Å². The van der Waals surface area contributed by atoms with Crippen LogP contribution in [0.2, 0.25) is 0 Å². The van der Waals surface area contributed by atoms with E-state index in [0.29, 0.717) is 22.8 Å². The Kier molecular flexibility index (Phi) is 4.56. The van der Waals surface area contributed by atoms with Crippen LogP contribution in [0.5, 0.6) is 17.2 Å². The highest BCUT2D eigenvalue weighted by atomic mass is 31.0. The lowest BCUT2D eigenvalue weighted by Crippen LogP contribution is -2.01. The number of carbonyl (C=O) groups excluding carboxylic acids is 1. The summed E-state index contributed by atoms with van der Waals surface area (Å²) in [6.45, 7) is 0. The highest BCUT2D eigenvalue weighted by Crippen LogP contribution is 2.40. The van der Waals surface area contributed by atoms with Gasteiger partial charge in [-0.1, -0.05) is 0 Å². The van der Waals surface area contributed by atoms with Crippen LogP contribution in [0.1, 0.15) is 11.2 Å². The molecule has 0 heterocycles. The fourth-order valence-electron chi connectivity index (χ4n) is 1.40. The van der Waals surface area contributed by atoms with Crippen molar-refractivity contribution in [1.82, 2.24) is 0 Å². The zero-order valence-electron chi connectivity index (χ0n) is 9.44. The van der Waals surface area contributed by atoms with Crippen molar-refractivity contribution in [2.75, 3.05) is 21.3 Å². The number of ether oxygens (including phenoxy) is 3. The first kappa shape index (κ1) is 12.8. The van der Waals surface area contributed by atoms with Crippen molar-refractivity contribution in [3.05, 3.63) is 17.7 Å². The normalized spacial score (nSPS) is 11.8. The minimum Gasteiger partial charge on any atom is -0.496 e. The van der Waals surface area contributed by atoms with Crippen molar-refractivity contribution < 1.29 is 19.0 Å². The second-order valence-corrected chi connectivity index (χ2v) is 3.71. The topological polar surface area (TPSA) is 44.8 Å². The minimum atomic E-state index is -0.490. The summed E-state index contributed by atoms with van der Waals surface area (Å²) in [4.78, 5) is 10.7. The molecule has 4 nitrogen and oxygen atoms in total. The Labute approximate surface area is 97.1 Å². The van der Waals surface area contributed by atoms with Crippen molar-refractivity contribution >= 4 is 15.5 Å². The Morgan fingerprint density at radius 2 is 1.62 bits per heavy atom. The maximum absolute atomic E-state index is 10.7. The number of benzene rings is 1. The van der Waals surface area contributed by atoms with E-state index in [-0.39, 0.29) is 0 Å². The molecule has 0 aliphatic heterocycles. The van der Waals surface area contributed by atoms with Crippen molar-refractivity contribution in [3.63, 3.8) is 0 Å². The van der Waals surface area contributed by atoms with Gasteiger partial charge >= 0.3 is 0 Å². The van der Waals surface area contributed by atoms with Gasteiger partial charge in [-0.25, -0.2) is 0 Å². The molecule has 1 aromatic carbocycles. The lowest BCUT2D eigenvalue weighted by molar-refractivity contribution is 0.370. The van der Waals surface area contributed by atoms with Crippen LogP contribution in [0.4, 0.5) is 0 Å². The summed E-state index contributed by atoms with van der Waals surface area (Å²) in [6, 6.07) is 3.40. The van der Waals surface area contributed by atoms with E-state index in [2.05, 4.69) is 9.24 Å². The minimum absolute atomic E-state index is 0.490. The third kappa shape index (κ3) is 2.45. The highest BCUT2D eigenvalue weighted by molar-refractivity contribution is 7.18. The Morgan fingerprint density at radius 3 is 1.94 bits per heavy atom. The molecule has 0 amide bonds. The first-order valence-electron chi connectivity index (χ1n) is 4.61. The van der Waals surface area contributed by atoms with Gasteiger partial charge in [-0.3, -0.25) is 4.79 Å². The van der Waals surface area contributed by atoms with Gasteiger partial charge in [-0.15, -0.1) is 9.24 Å². The summed E-state index contributed by atoms with van der Waals surface area (Å²) >= 11 is 0. The van der Waals surface area contributed by atoms with E-state index in [4.69, 9.17) is 14.2 Å². The van der Waals surface area contributed by atoms with Gasteiger partial charge in [-0.2, -0.15) is 0 Å². The second kappa shape index (κ2) is 5.71. The second-order valence-electron chi connectivity index (χ2n) is 3.04. The Bertz CT molecular complexity index is 353. The molecule has 2 unspecified atom stereocenters. The molecular weight excluding hydrogens is 227 g/mol. The Hall–Kier alpha value is -1.28. The number of methoxy groups -OCH3 is 3. The first-order valence-corrected chi connectivity index (χ1v) is 5.27. The Morgan fingerprint density at radius 1 is 1.12 bits per heavy atom. The van der Waals surface area contributed by atoms with Crippen LogP contribution < -0.4 is 14.2 Å². The third-order valence-electron chi connectivity index (χ3n) is 2.19. The zero-order chi connectivity index (χ0) is 12.1. The first-order chi connectivity index (χ1) is 7.67.